The average molecular weight is 420 g/mol. The van der Waals surface area contributed by atoms with E-state index in [9.17, 15) is 13.2 Å². The monoisotopic (exact) mass is 420 g/mol. The highest BCUT2D eigenvalue weighted by molar-refractivity contribution is 7.92. The number of carbonyl (C=O) groups is 1. The fourth-order valence-corrected chi connectivity index (χ4v) is 4.21. The molecule has 0 atom stereocenters. The minimum absolute atomic E-state index is 0.0485. The van der Waals surface area contributed by atoms with Gasteiger partial charge in [0.05, 0.1) is 36.5 Å². The lowest BCUT2D eigenvalue weighted by Gasteiger charge is -2.27. The Morgan fingerprint density at radius 1 is 1.07 bits per heavy atom. The zero-order valence-electron chi connectivity index (χ0n) is 15.7. The van der Waals surface area contributed by atoms with Crippen LogP contribution in [0, 0.1) is 0 Å². The predicted molar refractivity (Wildman–Crippen MR) is 103 cm³/mol. The Bertz CT molecular complexity index is 1030. The van der Waals surface area contributed by atoms with Gasteiger partial charge in [0.15, 0.2) is 11.5 Å². The van der Waals surface area contributed by atoms with Gasteiger partial charge in [-0.3, -0.25) is 9.52 Å². The Hall–Kier alpha value is -2.98. The Morgan fingerprint density at radius 2 is 1.83 bits per heavy atom. The molecule has 29 heavy (non-hydrogen) atoms. The number of carbonyl (C=O) groups excluding carboxylic acids is 1. The van der Waals surface area contributed by atoms with Gasteiger partial charge in [-0.05, 0) is 30.3 Å². The number of anilines is 1. The van der Waals surface area contributed by atoms with Gasteiger partial charge in [-0.25, -0.2) is 8.42 Å². The summed E-state index contributed by atoms with van der Waals surface area (Å²) < 4.78 is 49.3. The van der Waals surface area contributed by atoms with Crippen molar-refractivity contribution in [2.45, 2.75) is 4.90 Å². The molecule has 0 aliphatic carbocycles. The highest BCUT2D eigenvalue weighted by Gasteiger charge is 2.25. The van der Waals surface area contributed by atoms with E-state index in [0.29, 0.717) is 49.2 Å². The van der Waals surface area contributed by atoms with Gasteiger partial charge in [-0.1, -0.05) is 0 Å². The molecular weight excluding hydrogens is 400 g/mol. The normalized spacial score (nSPS) is 15.8. The van der Waals surface area contributed by atoms with Crippen LogP contribution in [0.5, 0.6) is 17.2 Å². The van der Waals surface area contributed by atoms with Crippen LogP contribution in [0.2, 0.25) is 0 Å². The number of amides is 1. The summed E-state index contributed by atoms with van der Waals surface area (Å²) in [6, 6.07) is 8.94. The molecular formula is C19H20N2O7S. The molecule has 1 saturated heterocycles. The summed E-state index contributed by atoms with van der Waals surface area (Å²) in [7, 11) is -2.50. The zero-order chi connectivity index (χ0) is 20.4. The number of methoxy groups -OCH3 is 1. The van der Waals surface area contributed by atoms with Crippen LogP contribution in [-0.2, 0) is 14.8 Å². The van der Waals surface area contributed by atoms with Crippen LogP contribution in [0.15, 0.2) is 41.3 Å². The van der Waals surface area contributed by atoms with Crippen LogP contribution in [0.3, 0.4) is 0 Å². The zero-order valence-corrected chi connectivity index (χ0v) is 16.5. The SMILES string of the molecule is COc1ccc(S(=O)(=O)Nc2ccc3c(c2)OCO3)cc1C(=O)N1CCOCC1. The lowest BCUT2D eigenvalue weighted by Crippen LogP contribution is -2.40. The molecule has 154 valence electrons. The van der Waals surface area contributed by atoms with Crippen LogP contribution in [0.25, 0.3) is 0 Å². The summed E-state index contributed by atoms with van der Waals surface area (Å²) in [6.07, 6.45) is 0. The van der Waals surface area contributed by atoms with Gasteiger partial charge < -0.3 is 23.8 Å². The van der Waals surface area contributed by atoms with E-state index in [1.54, 1.807) is 23.1 Å². The molecule has 0 saturated carbocycles. The smallest absolute Gasteiger partial charge is 0.261 e. The molecule has 10 heteroatoms. The summed E-state index contributed by atoms with van der Waals surface area (Å²) in [5, 5.41) is 0. The predicted octanol–water partition coefficient (Wildman–Crippen LogP) is 1.70. The molecule has 0 spiro atoms. The molecule has 4 rings (SSSR count). The number of benzene rings is 2. The summed E-state index contributed by atoms with van der Waals surface area (Å²) >= 11 is 0. The number of nitrogens with zero attached hydrogens (tertiary/aromatic N) is 1. The third-order valence-corrected chi connectivity index (χ3v) is 6.01. The molecule has 2 heterocycles. The Balaban J connectivity index is 1.62. The van der Waals surface area contributed by atoms with Crippen molar-refractivity contribution in [1.82, 2.24) is 4.90 Å². The first-order valence-electron chi connectivity index (χ1n) is 8.95. The fraction of sp³-hybridized carbons (Fsp3) is 0.316. The van der Waals surface area contributed by atoms with Crippen molar-refractivity contribution in [3.63, 3.8) is 0 Å². The van der Waals surface area contributed by atoms with Gasteiger partial charge in [-0.2, -0.15) is 0 Å². The van der Waals surface area contributed by atoms with Crippen LogP contribution in [0.1, 0.15) is 10.4 Å². The molecule has 1 amide bonds. The van der Waals surface area contributed by atoms with Crippen LogP contribution in [-0.4, -0.2) is 59.4 Å². The molecule has 2 aromatic rings. The van der Waals surface area contributed by atoms with Crippen LogP contribution >= 0.6 is 0 Å². The minimum Gasteiger partial charge on any atom is -0.496 e. The number of hydrogen-bond donors (Lipinski definition) is 1. The second kappa shape index (κ2) is 7.80. The van der Waals surface area contributed by atoms with Gasteiger partial charge >= 0.3 is 0 Å². The molecule has 2 aliphatic rings. The van der Waals surface area contributed by atoms with E-state index >= 15 is 0 Å². The molecule has 9 nitrogen and oxygen atoms in total. The molecule has 0 bridgehead atoms. The van der Waals surface area contributed by atoms with Gasteiger partial charge in [0.2, 0.25) is 6.79 Å². The molecule has 0 radical (unpaired) electrons. The highest BCUT2D eigenvalue weighted by Crippen LogP contribution is 2.35. The molecule has 2 aromatic carbocycles. The maximum absolute atomic E-state index is 12.9. The van der Waals surface area contributed by atoms with Crippen LogP contribution in [0.4, 0.5) is 5.69 Å². The maximum Gasteiger partial charge on any atom is 0.261 e. The number of sulfonamides is 1. The maximum atomic E-state index is 12.9. The molecule has 2 aliphatic heterocycles. The van der Waals surface area contributed by atoms with Crippen molar-refractivity contribution in [3.8, 4) is 17.2 Å². The Kier molecular flexibility index (Phi) is 5.20. The second-order valence-corrected chi connectivity index (χ2v) is 8.12. The number of fused-ring (bicyclic) bond motifs is 1. The molecule has 1 N–H and O–H groups in total. The third kappa shape index (κ3) is 3.94. The average Bonchev–Trinajstić information content (AvgIpc) is 3.21. The lowest BCUT2D eigenvalue weighted by atomic mass is 10.1. The molecule has 1 fully saturated rings. The number of nitrogens with one attached hydrogen (secondary N) is 1. The fourth-order valence-electron chi connectivity index (χ4n) is 3.13. The quantitative estimate of drug-likeness (QED) is 0.785. The lowest BCUT2D eigenvalue weighted by molar-refractivity contribution is 0.0300. The van der Waals surface area contributed by atoms with Gasteiger partial charge in [-0.15, -0.1) is 0 Å². The van der Waals surface area contributed by atoms with E-state index in [-0.39, 0.29) is 23.2 Å². The topological polar surface area (TPSA) is 103 Å². The summed E-state index contributed by atoms with van der Waals surface area (Å²) in [5.41, 5.74) is 0.508. The van der Waals surface area contributed by atoms with E-state index in [2.05, 4.69) is 4.72 Å². The van der Waals surface area contributed by atoms with Gasteiger partial charge in [0.1, 0.15) is 5.75 Å². The highest BCUT2D eigenvalue weighted by atomic mass is 32.2. The minimum atomic E-state index is -3.94. The molecule has 0 aromatic heterocycles. The second-order valence-electron chi connectivity index (χ2n) is 6.44. The summed E-state index contributed by atoms with van der Waals surface area (Å²) in [6.45, 7) is 1.86. The van der Waals surface area contributed by atoms with E-state index < -0.39 is 10.0 Å². The van der Waals surface area contributed by atoms with Crippen molar-refractivity contribution in [1.29, 1.82) is 0 Å². The summed E-state index contributed by atoms with van der Waals surface area (Å²) in [5.74, 6) is 1.02. The Morgan fingerprint density at radius 3 is 2.59 bits per heavy atom. The van der Waals surface area contributed by atoms with Crippen molar-refractivity contribution in [3.05, 3.63) is 42.0 Å². The van der Waals surface area contributed by atoms with Crippen molar-refractivity contribution in [2.75, 3.05) is 44.9 Å². The van der Waals surface area contributed by atoms with Crippen molar-refractivity contribution >= 4 is 21.6 Å². The van der Waals surface area contributed by atoms with E-state index in [1.165, 1.54) is 25.3 Å². The third-order valence-electron chi connectivity index (χ3n) is 4.63. The number of ether oxygens (including phenoxy) is 4. The number of morpholine rings is 1. The van der Waals surface area contributed by atoms with Crippen LogP contribution < -0.4 is 18.9 Å². The number of rotatable bonds is 5. The largest absolute Gasteiger partial charge is 0.496 e. The Labute approximate surface area is 168 Å². The van der Waals surface area contributed by atoms with Crippen molar-refractivity contribution < 1.29 is 32.2 Å². The standard InChI is InChI=1S/C19H20N2O7S/c1-25-16-5-3-14(11-15(16)19(22)21-6-8-26-9-7-21)29(23,24)20-13-2-4-17-18(10-13)28-12-27-17/h2-5,10-11,20H,6-9,12H2,1H3. The first-order valence-corrected chi connectivity index (χ1v) is 10.4. The first-order chi connectivity index (χ1) is 14.0. The van der Waals surface area contributed by atoms with Gasteiger partial charge in [0.25, 0.3) is 15.9 Å². The van der Waals surface area contributed by atoms with Gasteiger partial charge in [0, 0.05) is 19.2 Å². The number of hydrogen-bond acceptors (Lipinski definition) is 7. The van der Waals surface area contributed by atoms with E-state index in [0.717, 1.165) is 0 Å². The first kappa shape index (κ1) is 19.3. The molecule has 0 unspecified atom stereocenters. The van der Waals surface area contributed by atoms with E-state index in [4.69, 9.17) is 18.9 Å². The van der Waals surface area contributed by atoms with Crippen molar-refractivity contribution in [2.24, 2.45) is 0 Å². The summed E-state index contributed by atoms with van der Waals surface area (Å²) in [4.78, 5) is 14.5. The van der Waals surface area contributed by atoms with E-state index in [1.807, 2.05) is 0 Å².